The minimum atomic E-state index is -1.24. The molecule has 0 aliphatic rings. The third-order valence-electron chi connectivity index (χ3n) is 1.75. The second-order valence-electron chi connectivity index (χ2n) is 3.00. The summed E-state index contributed by atoms with van der Waals surface area (Å²) < 4.78 is 0. The van der Waals surface area contributed by atoms with Crippen molar-refractivity contribution in [3.05, 3.63) is 60.2 Å². The maximum Gasteiger partial charge on any atom is 2.00 e. The number of aromatic carboxylic acids is 2. The van der Waals surface area contributed by atoms with Crippen molar-refractivity contribution in [1.29, 1.82) is 0 Å². The molecular formula is C12H10CuN2O5. The fraction of sp³-hybridized carbons (Fsp3) is 0. The molecule has 2 N–H and O–H groups in total. The van der Waals surface area contributed by atoms with Gasteiger partial charge in [0.25, 0.3) is 0 Å². The van der Waals surface area contributed by atoms with Crippen molar-refractivity contribution in [2.24, 2.45) is 0 Å². The van der Waals surface area contributed by atoms with E-state index in [9.17, 15) is 19.8 Å². The molecule has 2 rings (SSSR count). The summed E-state index contributed by atoms with van der Waals surface area (Å²) in [4.78, 5) is 27.1. The Hall–Kier alpha value is -2.28. The molecule has 1 radical (unpaired) electrons. The first-order valence-corrected chi connectivity index (χ1v) is 4.86. The second kappa shape index (κ2) is 10.6. The van der Waals surface area contributed by atoms with Gasteiger partial charge in [-0.3, -0.25) is 9.97 Å². The van der Waals surface area contributed by atoms with E-state index in [1.165, 1.54) is 24.5 Å². The molecule has 2 heterocycles. The maximum atomic E-state index is 10.0. The van der Waals surface area contributed by atoms with Gasteiger partial charge in [0.2, 0.25) is 0 Å². The Kier molecular flexibility index (Phi) is 10.6. The Morgan fingerprint density at radius 2 is 1.15 bits per heavy atom. The number of carboxylic acid groups (broad SMARTS) is 2. The van der Waals surface area contributed by atoms with Crippen molar-refractivity contribution in [2.75, 3.05) is 0 Å². The molecule has 0 unspecified atom stereocenters. The molecule has 0 aromatic carbocycles. The molecule has 0 amide bonds. The summed E-state index contributed by atoms with van der Waals surface area (Å²) in [5.41, 5.74) is -0.0602. The fourth-order valence-corrected chi connectivity index (χ4v) is 0.967. The number of aromatic nitrogens is 2. The van der Waals surface area contributed by atoms with Gasteiger partial charge < -0.3 is 25.3 Å². The summed E-state index contributed by atoms with van der Waals surface area (Å²) in [6.45, 7) is 0. The molecule has 109 valence electrons. The number of hydrogen-bond acceptors (Lipinski definition) is 6. The SMILES string of the molecule is O.O=C([O-])c1ccccn1.O=C([O-])c1ccccn1.[Cu+2]. The van der Waals surface area contributed by atoms with Crippen LogP contribution in [0.5, 0.6) is 0 Å². The van der Waals surface area contributed by atoms with E-state index in [1.807, 2.05) is 0 Å². The van der Waals surface area contributed by atoms with Crippen LogP contribution in [0.1, 0.15) is 21.0 Å². The zero-order chi connectivity index (χ0) is 13.4. The standard InChI is InChI=1S/2C6H5NO2.Cu.H2O/c2*8-6(9)5-3-1-2-4-7-5;;/h2*1-4H,(H,8,9);;1H2/q;;+2;/p-2. The van der Waals surface area contributed by atoms with Crippen LogP contribution in [0.2, 0.25) is 0 Å². The summed E-state index contributed by atoms with van der Waals surface area (Å²) >= 11 is 0. The molecule has 0 aliphatic heterocycles. The van der Waals surface area contributed by atoms with Crippen molar-refractivity contribution in [2.45, 2.75) is 0 Å². The van der Waals surface area contributed by atoms with Gasteiger partial charge in [-0.25, -0.2) is 0 Å². The smallest absolute Gasteiger partial charge is 0.543 e. The number of pyridine rings is 2. The van der Waals surface area contributed by atoms with E-state index in [0.29, 0.717) is 0 Å². The zero-order valence-corrected chi connectivity index (χ0v) is 10.9. The normalized spacial score (nSPS) is 8.00. The molecule has 0 saturated carbocycles. The monoisotopic (exact) mass is 325 g/mol. The molecule has 0 fully saturated rings. The van der Waals surface area contributed by atoms with Gasteiger partial charge in [-0.15, -0.1) is 0 Å². The predicted octanol–water partition coefficient (Wildman–Crippen LogP) is -1.94. The number of nitrogens with zero attached hydrogens (tertiary/aromatic N) is 2. The van der Waals surface area contributed by atoms with Gasteiger partial charge in [-0.05, 0) is 24.3 Å². The number of rotatable bonds is 2. The largest absolute Gasteiger partial charge is 2.00 e. The Morgan fingerprint density at radius 3 is 1.30 bits per heavy atom. The summed E-state index contributed by atoms with van der Waals surface area (Å²) in [6, 6.07) is 9.25. The summed E-state index contributed by atoms with van der Waals surface area (Å²) in [6.07, 6.45) is 2.82. The zero-order valence-electron chi connectivity index (χ0n) is 9.95. The molecule has 0 saturated heterocycles. The van der Waals surface area contributed by atoms with Gasteiger partial charge in [0.05, 0.1) is 23.3 Å². The van der Waals surface area contributed by atoms with Crippen LogP contribution in [0.4, 0.5) is 0 Å². The molecule has 0 atom stereocenters. The fourth-order valence-electron chi connectivity index (χ4n) is 0.967. The summed E-state index contributed by atoms with van der Waals surface area (Å²) in [5, 5.41) is 20.1. The van der Waals surface area contributed by atoms with Gasteiger partial charge in [-0.2, -0.15) is 0 Å². The molecule has 0 aliphatic carbocycles. The van der Waals surface area contributed by atoms with Crippen LogP contribution in [0.3, 0.4) is 0 Å². The third-order valence-corrected chi connectivity index (χ3v) is 1.75. The Morgan fingerprint density at radius 1 is 0.800 bits per heavy atom. The predicted molar refractivity (Wildman–Crippen MR) is 60.7 cm³/mol. The van der Waals surface area contributed by atoms with E-state index in [2.05, 4.69) is 9.97 Å². The topological polar surface area (TPSA) is 138 Å². The number of carboxylic acids is 2. The molecule has 0 spiro atoms. The number of hydrogen-bond donors (Lipinski definition) is 0. The van der Waals surface area contributed by atoms with Crippen LogP contribution in [-0.4, -0.2) is 27.4 Å². The molecule has 2 aromatic rings. The average molecular weight is 326 g/mol. The van der Waals surface area contributed by atoms with Crippen molar-refractivity contribution in [3.63, 3.8) is 0 Å². The molecule has 2 aromatic heterocycles. The quantitative estimate of drug-likeness (QED) is 0.589. The molecule has 20 heavy (non-hydrogen) atoms. The van der Waals surface area contributed by atoms with E-state index in [1.54, 1.807) is 24.3 Å². The van der Waals surface area contributed by atoms with Crippen molar-refractivity contribution < 1.29 is 42.3 Å². The van der Waals surface area contributed by atoms with Crippen molar-refractivity contribution >= 4 is 11.9 Å². The van der Waals surface area contributed by atoms with Crippen LogP contribution in [0.15, 0.2) is 48.8 Å². The molecule has 8 heteroatoms. The maximum absolute atomic E-state index is 10.0. The van der Waals surface area contributed by atoms with Crippen LogP contribution >= 0.6 is 0 Å². The van der Waals surface area contributed by atoms with Gasteiger partial charge in [-0.1, -0.05) is 12.1 Å². The van der Waals surface area contributed by atoms with Crippen molar-refractivity contribution in [3.8, 4) is 0 Å². The van der Waals surface area contributed by atoms with E-state index in [0.717, 1.165) is 0 Å². The first-order valence-electron chi connectivity index (χ1n) is 4.86. The van der Waals surface area contributed by atoms with Crippen LogP contribution < -0.4 is 10.2 Å². The Bertz CT molecular complexity index is 472. The summed E-state index contributed by atoms with van der Waals surface area (Å²) in [5.74, 6) is -2.48. The van der Waals surface area contributed by atoms with E-state index in [4.69, 9.17) is 0 Å². The van der Waals surface area contributed by atoms with Crippen LogP contribution in [0.25, 0.3) is 0 Å². The van der Waals surface area contributed by atoms with E-state index in [-0.39, 0.29) is 33.9 Å². The molecule has 7 nitrogen and oxygen atoms in total. The Labute approximate surface area is 125 Å². The van der Waals surface area contributed by atoms with Gasteiger partial charge in [0.1, 0.15) is 0 Å². The minimum Gasteiger partial charge on any atom is -0.543 e. The number of carbonyl (C=O) groups is 2. The molecule has 0 bridgehead atoms. The van der Waals surface area contributed by atoms with Gasteiger partial charge >= 0.3 is 17.1 Å². The first-order chi connectivity index (χ1) is 8.61. The van der Waals surface area contributed by atoms with E-state index >= 15 is 0 Å². The first kappa shape index (κ1) is 20.0. The third kappa shape index (κ3) is 7.22. The average Bonchev–Trinajstić information content (AvgIpc) is 2.41. The van der Waals surface area contributed by atoms with Crippen molar-refractivity contribution in [1.82, 2.24) is 9.97 Å². The minimum absolute atomic E-state index is 0. The van der Waals surface area contributed by atoms with Crippen LogP contribution in [0, 0.1) is 0 Å². The Balaban J connectivity index is 0. The van der Waals surface area contributed by atoms with Gasteiger partial charge in [0, 0.05) is 12.4 Å². The molecular weight excluding hydrogens is 316 g/mol. The van der Waals surface area contributed by atoms with Gasteiger partial charge in [0.15, 0.2) is 0 Å². The summed E-state index contributed by atoms with van der Waals surface area (Å²) in [7, 11) is 0. The van der Waals surface area contributed by atoms with E-state index < -0.39 is 11.9 Å². The number of carbonyl (C=O) groups excluding carboxylic acids is 2. The van der Waals surface area contributed by atoms with Crippen LogP contribution in [-0.2, 0) is 17.1 Å². The second-order valence-corrected chi connectivity index (χ2v) is 3.00.